The number of quaternary nitrogens is 1. The minimum atomic E-state index is -4.71. The highest BCUT2D eigenvalue weighted by molar-refractivity contribution is 7.45. The number of allylic oxidation sites excluding steroid dienone is 13. The lowest BCUT2D eigenvalue weighted by atomic mass is 10.0. The second-order valence-corrected chi connectivity index (χ2v) is 26.1. The first-order valence-corrected chi connectivity index (χ1v) is 36.4. The zero-order chi connectivity index (χ0) is 60.7. The van der Waals surface area contributed by atoms with Crippen LogP contribution in [0.2, 0.25) is 0 Å². The van der Waals surface area contributed by atoms with E-state index in [0.29, 0.717) is 17.4 Å². The maximum absolute atomic E-state index is 13.6. The van der Waals surface area contributed by atoms with Crippen LogP contribution in [0.4, 0.5) is 0 Å². The van der Waals surface area contributed by atoms with Gasteiger partial charge in [-0.25, -0.2) is 0 Å². The van der Waals surface area contributed by atoms with E-state index in [1.54, 1.807) is 0 Å². The Morgan fingerprint density at radius 3 is 1.16 bits per heavy atom. The van der Waals surface area contributed by atoms with E-state index in [2.05, 4.69) is 99.0 Å². The van der Waals surface area contributed by atoms with E-state index < -0.39 is 26.6 Å². The molecule has 0 saturated heterocycles. The Labute approximate surface area is 514 Å². The molecule has 482 valence electrons. The molecule has 0 aromatic rings. The third-order valence-corrected chi connectivity index (χ3v) is 16.3. The molecule has 3 atom stereocenters. The number of hydrogen-bond donors (Lipinski definition) is 1. The maximum atomic E-state index is 13.6. The van der Waals surface area contributed by atoms with E-state index >= 15 is 0 Å². The number of amides is 1. The molecule has 0 radical (unpaired) electrons. The summed E-state index contributed by atoms with van der Waals surface area (Å²) >= 11 is 0. The van der Waals surface area contributed by atoms with Crippen LogP contribution < -0.4 is 10.2 Å². The fourth-order valence-electron chi connectivity index (χ4n) is 10.00. The first-order valence-electron chi connectivity index (χ1n) is 34.9. The zero-order valence-corrected chi connectivity index (χ0v) is 56.0. The highest BCUT2D eigenvalue weighted by atomic mass is 31.2. The fraction of sp³-hybridized carbons (Fsp3) is 0.781. The lowest BCUT2D eigenvalue weighted by Crippen LogP contribution is -2.47. The van der Waals surface area contributed by atoms with Crippen LogP contribution in [0.1, 0.15) is 316 Å². The number of esters is 1. The smallest absolute Gasteiger partial charge is 0.306 e. The van der Waals surface area contributed by atoms with Crippen molar-refractivity contribution in [1.29, 1.82) is 0 Å². The van der Waals surface area contributed by atoms with Crippen molar-refractivity contribution in [2.45, 2.75) is 328 Å². The van der Waals surface area contributed by atoms with Crippen LogP contribution in [-0.2, 0) is 27.9 Å². The maximum Gasteiger partial charge on any atom is 0.306 e. The fourth-order valence-corrected chi connectivity index (χ4v) is 10.7. The van der Waals surface area contributed by atoms with Crippen molar-refractivity contribution in [1.82, 2.24) is 5.32 Å². The van der Waals surface area contributed by atoms with Gasteiger partial charge in [0.05, 0.1) is 33.8 Å². The highest BCUT2D eigenvalue weighted by Crippen LogP contribution is 2.38. The van der Waals surface area contributed by atoms with Gasteiger partial charge in [0.2, 0.25) is 5.91 Å². The molecule has 10 heteroatoms. The molecule has 0 spiro atoms. The number of carbonyl (C=O) groups is 2. The molecule has 9 nitrogen and oxygen atoms in total. The molecule has 1 amide bonds. The summed E-state index contributed by atoms with van der Waals surface area (Å²) in [6, 6.07) is -0.905. The Morgan fingerprint density at radius 2 is 0.771 bits per heavy atom. The standard InChI is InChI=1S/C73H133N2O7P/c1-7-10-13-16-19-22-25-27-29-31-33-35-37-39-41-43-45-47-50-53-56-59-62-65-72(76)74-70(69-81-83(78,79)80-68-67-75(4,5)6)71(64-61-58-55-52-49-24-21-18-15-12-9-3)82-73(77)66-63-60-57-54-51-48-46-44-42-40-38-36-34-32-30-28-26-23-20-17-14-11-8-2/h10,13,19,22,27,29,33,35,39,41,45,47,61,64,70-71H,7-9,11-12,14-18,20-21,23-26,28,30-32,34,36-38,40,42-44,46,48-60,62-63,65-69H2,1-6H3,(H-,74,76,78,79)/b13-10-,22-19-,29-27-,35-33-,41-39-,47-45-,64-61+. The van der Waals surface area contributed by atoms with Gasteiger partial charge in [-0.05, 0) is 83.1 Å². The first kappa shape index (κ1) is 80.2. The van der Waals surface area contributed by atoms with Gasteiger partial charge in [-0.2, -0.15) is 0 Å². The van der Waals surface area contributed by atoms with Crippen LogP contribution in [0, 0.1) is 0 Å². The van der Waals surface area contributed by atoms with E-state index in [1.807, 2.05) is 33.3 Å². The van der Waals surface area contributed by atoms with Gasteiger partial charge in [0.15, 0.2) is 0 Å². The van der Waals surface area contributed by atoms with Crippen LogP contribution in [0.3, 0.4) is 0 Å². The van der Waals surface area contributed by atoms with E-state index in [-0.39, 0.29) is 31.3 Å². The van der Waals surface area contributed by atoms with Crippen molar-refractivity contribution in [2.24, 2.45) is 0 Å². The van der Waals surface area contributed by atoms with Crippen molar-refractivity contribution in [2.75, 3.05) is 40.9 Å². The number of nitrogens with zero attached hydrogens (tertiary/aromatic N) is 1. The Hall–Kier alpha value is -2.81. The normalized spacial score (nSPS) is 14.1. The Balaban J connectivity index is 5.10. The molecule has 0 aliphatic heterocycles. The molecule has 0 saturated carbocycles. The average Bonchev–Trinajstić information content (AvgIpc) is 3.51. The number of phosphoric acid groups is 1. The number of unbranched alkanes of at least 4 members (excludes halogenated alkanes) is 35. The number of hydrogen-bond acceptors (Lipinski definition) is 7. The van der Waals surface area contributed by atoms with Gasteiger partial charge in [0, 0.05) is 12.8 Å². The summed E-state index contributed by atoms with van der Waals surface area (Å²) < 4.78 is 30.4. The molecule has 0 aliphatic carbocycles. The van der Waals surface area contributed by atoms with E-state index in [0.717, 1.165) is 103 Å². The Morgan fingerprint density at radius 1 is 0.434 bits per heavy atom. The Bertz CT molecular complexity index is 1700. The number of nitrogens with one attached hydrogen (secondary N) is 1. The largest absolute Gasteiger partial charge is 0.756 e. The number of carbonyl (C=O) groups excluding carboxylic acids is 2. The van der Waals surface area contributed by atoms with Crippen molar-refractivity contribution >= 4 is 19.7 Å². The summed E-state index contributed by atoms with van der Waals surface area (Å²) in [6.07, 6.45) is 82.8. The molecular formula is C73H133N2O7P. The summed E-state index contributed by atoms with van der Waals surface area (Å²) in [6.45, 7) is 6.73. The number of phosphoric ester groups is 1. The predicted octanol–water partition coefficient (Wildman–Crippen LogP) is 21.5. The first-order chi connectivity index (χ1) is 40.4. The summed E-state index contributed by atoms with van der Waals surface area (Å²) in [5.74, 6) is -0.563. The van der Waals surface area contributed by atoms with Gasteiger partial charge >= 0.3 is 5.97 Å². The summed E-state index contributed by atoms with van der Waals surface area (Å²) in [4.78, 5) is 40.1. The molecule has 0 bridgehead atoms. The molecule has 1 N–H and O–H groups in total. The van der Waals surface area contributed by atoms with Crippen molar-refractivity contribution in [3.63, 3.8) is 0 Å². The zero-order valence-electron chi connectivity index (χ0n) is 55.1. The van der Waals surface area contributed by atoms with Gasteiger partial charge in [0.1, 0.15) is 19.3 Å². The minimum Gasteiger partial charge on any atom is -0.756 e. The van der Waals surface area contributed by atoms with Crippen LogP contribution in [0.25, 0.3) is 0 Å². The molecule has 0 aromatic carbocycles. The van der Waals surface area contributed by atoms with Gasteiger partial charge < -0.3 is 28.5 Å². The monoisotopic (exact) mass is 1180 g/mol. The van der Waals surface area contributed by atoms with Crippen LogP contribution in [0.15, 0.2) is 85.1 Å². The summed E-state index contributed by atoms with van der Waals surface area (Å²) in [7, 11) is 1.17. The summed E-state index contributed by atoms with van der Waals surface area (Å²) in [5.41, 5.74) is 0. The number of ether oxygens (including phenoxy) is 1. The molecule has 3 unspecified atom stereocenters. The van der Waals surface area contributed by atoms with E-state index in [9.17, 15) is 19.0 Å². The second-order valence-electron chi connectivity index (χ2n) is 24.7. The van der Waals surface area contributed by atoms with Gasteiger partial charge in [-0.3, -0.25) is 14.2 Å². The third-order valence-electron chi connectivity index (χ3n) is 15.3. The predicted molar refractivity (Wildman–Crippen MR) is 358 cm³/mol. The minimum absolute atomic E-state index is 0.0297. The van der Waals surface area contributed by atoms with Crippen molar-refractivity contribution in [3.8, 4) is 0 Å². The Kier molecular flexibility index (Phi) is 60.1. The van der Waals surface area contributed by atoms with E-state index in [1.165, 1.54) is 173 Å². The third kappa shape index (κ3) is 63.5. The molecule has 0 fully saturated rings. The molecule has 83 heavy (non-hydrogen) atoms. The molecule has 0 aliphatic rings. The number of likely N-dealkylation sites (N-methyl/N-ethyl adjacent to an activating group) is 1. The molecular weight excluding hydrogens is 1050 g/mol. The SMILES string of the molecule is CC/C=C\C/C=C\C/C=C\C/C=C\C/C=C\C/C=C\CCCCCCC(=O)NC(COP(=O)([O-])OCC[N+](C)(C)C)C(/C=C/CCCCCCCCCCC)OC(=O)CCCCCCCCCCCCCCCCCCCCCCCCC. The van der Waals surface area contributed by atoms with Crippen LogP contribution in [0.5, 0.6) is 0 Å². The van der Waals surface area contributed by atoms with Gasteiger partial charge in [0.25, 0.3) is 7.82 Å². The van der Waals surface area contributed by atoms with E-state index in [4.69, 9.17) is 13.8 Å². The second kappa shape index (κ2) is 62.2. The molecule has 0 aromatic heterocycles. The lowest BCUT2D eigenvalue weighted by Gasteiger charge is -2.30. The quantitative estimate of drug-likeness (QED) is 0.0212. The van der Waals surface area contributed by atoms with Crippen LogP contribution in [-0.4, -0.2) is 69.4 Å². The van der Waals surface area contributed by atoms with Crippen molar-refractivity contribution in [3.05, 3.63) is 85.1 Å². The van der Waals surface area contributed by atoms with Gasteiger partial charge in [-0.1, -0.05) is 305 Å². The van der Waals surface area contributed by atoms with Crippen molar-refractivity contribution < 1.29 is 37.3 Å². The average molecular weight is 1180 g/mol. The molecule has 0 rings (SSSR count). The highest BCUT2D eigenvalue weighted by Gasteiger charge is 2.27. The van der Waals surface area contributed by atoms with Gasteiger partial charge in [-0.15, -0.1) is 0 Å². The molecule has 0 heterocycles. The van der Waals surface area contributed by atoms with Crippen LogP contribution >= 0.6 is 7.82 Å². The lowest BCUT2D eigenvalue weighted by molar-refractivity contribution is -0.870. The number of rotatable bonds is 63. The topological polar surface area (TPSA) is 114 Å². The summed E-state index contributed by atoms with van der Waals surface area (Å²) in [5, 5.41) is 3.02.